The Morgan fingerprint density at radius 3 is 2.60 bits per heavy atom. The molecule has 4 heteroatoms. The summed E-state index contributed by atoms with van der Waals surface area (Å²) in [5.41, 5.74) is 5.82. The lowest BCUT2D eigenvalue weighted by Gasteiger charge is -2.13. The Bertz CT molecular complexity index is 330. The molecular formula is C11H15BrFNO. The van der Waals surface area contributed by atoms with Gasteiger partial charge in [0.05, 0.1) is 10.6 Å². The minimum atomic E-state index is -1.12. The molecule has 2 N–H and O–H groups in total. The molecule has 1 aromatic carbocycles. The van der Waals surface area contributed by atoms with Crippen molar-refractivity contribution in [2.75, 3.05) is 6.54 Å². The van der Waals surface area contributed by atoms with Gasteiger partial charge in [-0.3, -0.25) is 0 Å². The number of ether oxygens (including phenoxy) is 1. The number of nitrogens with two attached hydrogens (primary N) is 1. The van der Waals surface area contributed by atoms with E-state index in [-0.39, 0.29) is 12.6 Å². The minimum absolute atomic E-state index is 0.00315. The third kappa shape index (κ3) is 3.47. The summed E-state index contributed by atoms with van der Waals surface area (Å²) in [6.07, 6.45) is -1.02. The fourth-order valence-electron chi connectivity index (χ4n) is 1.20. The van der Waals surface area contributed by atoms with Crippen LogP contribution in [0.1, 0.15) is 25.6 Å². The Balaban J connectivity index is 2.88. The van der Waals surface area contributed by atoms with Gasteiger partial charge in [0, 0.05) is 6.54 Å². The molecule has 15 heavy (non-hydrogen) atoms. The van der Waals surface area contributed by atoms with Crippen LogP contribution in [0.5, 0.6) is 5.75 Å². The zero-order valence-corrected chi connectivity index (χ0v) is 10.4. The van der Waals surface area contributed by atoms with Crippen LogP contribution >= 0.6 is 15.9 Å². The van der Waals surface area contributed by atoms with Gasteiger partial charge in [-0.25, -0.2) is 4.39 Å². The SMILES string of the molecule is CC(C)Oc1ccc(C(F)CN)cc1Br. The molecule has 1 unspecified atom stereocenters. The predicted molar refractivity (Wildman–Crippen MR) is 62.8 cm³/mol. The van der Waals surface area contributed by atoms with Gasteiger partial charge in [0.25, 0.3) is 0 Å². The van der Waals surface area contributed by atoms with Gasteiger partial charge in [-0.1, -0.05) is 6.07 Å². The Morgan fingerprint density at radius 2 is 2.13 bits per heavy atom. The lowest BCUT2D eigenvalue weighted by Crippen LogP contribution is -2.09. The lowest BCUT2D eigenvalue weighted by atomic mass is 10.1. The summed E-state index contributed by atoms with van der Waals surface area (Å²) in [6.45, 7) is 3.88. The number of alkyl halides is 1. The molecule has 0 amide bonds. The Kier molecular flexibility index (Phi) is 4.54. The molecule has 1 atom stereocenters. The van der Waals surface area contributed by atoms with Crippen LogP contribution in [-0.2, 0) is 0 Å². The van der Waals surface area contributed by atoms with E-state index in [1.54, 1.807) is 18.2 Å². The molecule has 0 saturated carbocycles. The Hall–Kier alpha value is -0.610. The molecule has 1 rings (SSSR count). The van der Waals surface area contributed by atoms with Gasteiger partial charge in [-0.05, 0) is 47.5 Å². The van der Waals surface area contributed by atoms with E-state index >= 15 is 0 Å². The Labute approximate surface area is 97.7 Å². The predicted octanol–water partition coefficient (Wildman–Crippen LogP) is 3.21. The lowest BCUT2D eigenvalue weighted by molar-refractivity contribution is 0.240. The number of benzene rings is 1. The maximum Gasteiger partial charge on any atom is 0.137 e. The molecule has 0 heterocycles. The van der Waals surface area contributed by atoms with Crippen LogP contribution in [0.15, 0.2) is 22.7 Å². The molecule has 0 aliphatic rings. The molecule has 1 aromatic rings. The van der Waals surface area contributed by atoms with E-state index in [1.807, 2.05) is 13.8 Å². The number of hydrogen-bond donors (Lipinski definition) is 1. The number of rotatable bonds is 4. The molecule has 0 saturated heterocycles. The quantitative estimate of drug-likeness (QED) is 0.916. The van der Waals surface area contributed by atoms with Gasteiger partial charge in [0.15, 0.2) is 0 Å². The minimum Gasteiger partial charge on any atom is -0.490 e. The van der Waals surface area contributed by atoms with E-state index in [0.29, 0.717) is 5.56 Å². The summed E-state index contributed by atoms with van der Waals surface area (Å²) in [6, 6.07) is 5.15. The summed E-state index contributed by atoms with van der Waals surface area (Å²) < 4.78 is 19.5. The summed E-state index contributed by atoms with van der Waals surface area (Å²) >= 11 is 3.34. The van der Waals surface area contributed by atoms with Gasteiger partial charge in [0.2, 0.25) is 0 Å². The van der Waals surface area contributed by atoms with Gasteiger partial charge < -0.3 is 10.5 Å². The average molecular weight is 276 g/mol. The van der Waals surface area contributed by atoms with Crippen LogP contribution in [0.3, 0.4) is 0 Å². The molecule has 2 nitrogen and oxygen atoms in total. The average Bonchev–Trinajstić information content (AvgIpc) is 2.19. The summed E-state index contributed by atoms with van der Waals surface area (Å²) in [5.74, 6) is 0.720. The molecule has 0 radical (unpaired) electrons. The maximum absolute atomic E-state index is 13.3. The van der Waals surface area contributed by atoms with E-state index in [1.165, 1.54) is 0 Å². The fraction of sp³-hybridized carbons (Fsp3) is 0.455. The second-order valence-corrected chi connectivity index (χ2v) is 4.41. The van der Waals surface area contributed by atoms with Crippen molar-refractivity contribution < 1.29 is 9.13 Å². The second-order valence-electron chi connectivity index (χ2n) is 3.56. The molecule has 0 fully saturated rings. The van der Waals surface area contributed by atoms with Gasteiger partial charge in [-0.2, -0.15) is 0 Å². The standard InChI is InChI=1S/C11H15BrFNO/c1-7(2)15-11-4-3-8(5-9(11)12)10(13)6-14/h3-5,7,10H,6,14H2,1-2H3. The smallest absolute Gasteiger partial charge is 0.137 e. The maximum atomic E-state index is 13.3. The largest absolute Gasteiger partial charge is 0.490 e. The third-order valence-corrected chi connectivity index (χ3v) is 2.51. The van der Waals surface area contributed by atoms with Crippen LogP contribution in [-0.4, -0.2) is 12.6 Å². The molecular weight excluding hydrogens is 261 g/mol. The van der Waals surface area contributed by atoms with E-state index in [0.717, 1.165) is 10.2 Å². The summed E-state index contributed by atoms with van der Waals surface area (Å²) in [4.78, 5) is 0. The van der Waals surface area contributed by atoms with Crippen LogP contribution in [0.4, 0.5) is 4.39 Å². The highest BCUT2D eigenvalue weighted by atomic mass is 79.9. The first-order valence-corrected chi connectivity index (χ1v) is 5.64. The first-order valence-electron chi connectivity index (χ1n) is 4.84. The molecule has 0 aliphatic heterocycles. The number of halogens is 2. The summed E-state index contributed by atoms with van der Waals surface area (Å²) in [5, 5.41) is 0. The highest BCUT2D eigenvalue weighted by Gasteiger charge is 2.10. The highest BCUT2D eigenvalue weighted by molar-refractivity contribution is 9.10. The van der Waals surface area contributed by atoms with Gasteiger partial charge in [0.1, 0.15) is 11.9 Å². The first kappa shape index (κ1) is 12.5. The van der Waals surface area contributed by atoms with Crippen LogP contribution < -0.4 is 10.5 Å². The van der Waals surface area contributed by atoms with Gasteiger partial charge in [-0.15, -0.1) is 0 Å². The van der Waals surface area contributed by atoms with Crippen molar-refractivity contribution in [3.8, 4) is 5.75 Å². The van der Waals surface area contributed by atoms with E-state index < -0.39 is 6.17 Å². The van der Waals surface area contributed by atoms with Crippen LogP contribution in [0.25, 0.3) is 0 Å². The zero-order chi connectivity index (χ0) is 11.4. The van der Waals surface area contributed by atoms with Crippen molar-refractivity contribution in [3.05, 3.63) is 28.2 Å². The van der Waals surface area contributed by atoms with Gasteiger partial charge >= 0.3 is 0 Å². The molecule has 0 aliphatic carbocycles. The summed E-state index contributed by atoms with van der Waals surface area (Å²) in [7, 11) is 0. The van der Waals surface area contributed by atoms with E-state index in [9.17, 15) is 4.39 Å². The normalized spacial score (nSPS) is 12.9. The first-order chi connectivity index (χ1) is 7.04. The van der Waals surface area contributed by atoms with Crippen LogP contribution in [0.2, 0.25) is 0 Å². The molecule has 0 spiro atoms. The second kappa shape index (κ2) is 5.47. The zero-order valence-electron chi connectivity index (χ0n) is 8.84. The van der Waals surface area contributed by atoms with Crippen molar-refractivity contribution in [1.82, 2.24) is 0 Å². The highest BCUT2D eigenvalue weighted by Crippen LogP contribution is 2.29. The van der Waals surface area contributed by atoms with Crippen molar-refractivity contribution in [1.29, 1.82) is 0 Å². The van der Waals surface area contributed by atoms with Crippen molar-refractivity contribution in [2.24, 2.45) is 5.73 Å². The third-order valence-electron chi connectivity index (χ3n) is 1.89. The van der Waals surface area contributed by atoms with E-state index in [2.05, 4.69) is 15.9 Å². The van der Waals surface area contributed by atoms with Crippen molar-refractivity contribution in [2.45, 2.75) is 26.1 Å². The number of hydrogen-bond acceptors (Lipinski definition) is 2. The van der Waals surface area contributed by atoms with Crippen LogP contribution in [0, 0.1) is 0 Å². The fourth-order valence-corrected chi connectivity index (χ4v) is 1.69. The molecule has 84 valence electrons. The van der Waals surface area contributed by atoms with Crippen molar-refractivity contribution in [3.63, 3.8) is 0 Å². The monoisotopic (exact) mass is 275 g/mol. The van der Waals surface area contributed by atoms with E-state index in [4.69, 9.17) is 10.5 Å². The topological polar surface area (TPSA) is 35.2 Å². The van der Waals surface area contributed by atoms with Crippen molar-refractivity contribution >= 4 is 15.9 Å². The molecule has 0 bridgehead atoms. The molecule has 0 aromatic heterocycles. The Morgan fingerprint density at radius 1 is 1.47 bits per heavy atom.